The molecule has 1 amide bonds. The number of halogens is 2. The molecule has 0 radical (unpaired) electrons. The molecule has 4 aliphatic carbocycles. The molecule has 6 atom stereocenters. The lowest BCUT2D eigenvalue weighted by Crippen LogP contribution is -2.72. The monoisotopic (exact) mass is 449 g/mol. The Kier molecular flexibility index (Phi) is 5.31. The predicted octanol–water partition coefficient (Wildman–Crippen LogP) is 3.96. The maximum Gasteiger partial charge on any atom is 0.316 e. The maximum atomic E-state index is 14.6. The van der Waals surface area contributed by atoms with Crippen molar-refractivity contribution in [1.82, 2.24) is 5.32 Å². The molecule has 33 heavy (non-hydrogen) atoms. The Hall–Kier alpha value is -2.56. The van der Waals surface area contributed by atoms with Crippen LogP contribution in [0.25, 0.3) is 0 Å². The van der Waals surface area contributed by atoms with Gasteiger partial charge in [0.25, 0.3) is 5.70 Å². The van der Waals surface area contributed by atoms with Gasteiger partial charge in [0.1, 0.15) is 11.6 Å². The average molecular weight is 450 g/mol. The van der Waals surface area contributed by atoms with E-state index in [4.69, 9.17) is 0 Å². The van der Waals surface area contributed by atoms with Crippen LogP contribution in [0.3, 0.4) is 0 Å². The predicted molar refractivity (Wildman–Crippen MR) is 123 cm³/mol. The highest BCUT2D eigenvalue weighted by Crippen LogP contribution is 2.53. The van der Waals surface area contributed by atoms with Gasteiger partial charge in [-0.15, -0.1) is 0 Å². The molecule has 3 nitrogen and oxygen atoms in total. The fraction of sp³-hybridized carbons (Fsp3) is 0.500. The number of carbonyl (C=O) groups is 1. The van der Waals surface area contributed by atoms with E-state index in [1.165, 1.54) is 44.2 Å². The summed E-state index contributed by atoms with van der Waals surface area (Å²) in [7, 11) is 0. The van der Waals surface area contributed by atoms with Gasteiger partial charge in [-0.3, -0.25) is 4.79 Å². The van der Waals surface area contributed by atoms with Crippen molar-refractivity contribution < 1.29 is 18.6 Å². The molecule has 5 aliphatic rings. The van der Waals surface area contributed by atoms with E-state index in [1.807, 2.05) is 18.2 Å². The summed E-state index contributed by atoms with van der Waals surface area (Å²) in [5.74, 6) is 2.00. The zero-order valence-corrected chi connectivity index (χ0v) is 18.8. The molecule has 1 aromatic rings. The first-order valence-electron chi connectivity index (χ1n) is 12.5. The third kappa shape index (κ3) is 4.22. The minimum atomic E-state index is -0.604. The number of hydrogen-bond acceptors (Lipinski definition) is 1. The SMILES string of the molecule is O=C(NC1CC1CC1CCC2CC2C1)C1=C2/C=C\C=C/CC[C@@H]2C(c2ccc(F)cc2F)=[NH+]1. The summed E-state index contributed by atoms with van der Waals surface area (Å²) in [6.45, 7) is 0. The van der Waals surface area contributed by atoms with Crippen LogP contribution in [-0.4, -0.2) is 17.7 Å². The minimum Gasteiger partial charge on any atom is -0.344 e. The number of fused-ring (bicyclic) bond motifs is 2. The molecular formula is C28H31F2N2O+. The summed E-state index contributed by atoms with van der Waals surface area (Å²) in [6, 6.07) is 3.89. The van der Waals surface area contributed by atoms with E-state index in [1.54, 1.807) is 0 Å². The highest BCUT2D eigenvalue weighted by atomic mass is 19.1. The first-order chi connectivity index (χ1) is 16.1. The Labute approximate surface area is 193 Å². The van der Waals surface area contributed by atoms with Crippen molar-refractivity contribution >= 4 is 11.6 Å². The van der Waals surface area contributed by atoms with Crippen molar-refractivity contribution in [3.8, 4) is 0 Å². The van der Waals surface area contributed by atoms with Crippen molar-refractivity contribution in [3.05, 3.63) is 71.0 Å². The van der Waals surface area contributed by atoms with Crippen molar-refractivity contribution in [2.75, 3.05) is 0 Å². The topological polar surface area (TPSA) is 43.1 Å². The summed E-state index contributed by atoms with van der Waals surface area (Å²) in [4.78, 5) is 16.6. The number of rotatable bonds is 5. The quantitative estimate of drug-likeness (QED) is 0.702. The molecule has 0 bridgehead atoms. The molecule has 1 aliphatic heterocycles. The second-order valence-electron chi connectivity index (χ2n) is 10.7. The van der Waals surface area contributed by atoms with Crippen molar-refractivity contribution in [2.24, 2.45) is 29.6 Å². The number of allylic oxidation sites excluding steroid dienone is 5. The van der Waals surface area contributed by atoms with Crippen LogP contribution in [0.5, 0.6) is 0 Å². The molecule has 0 aromatic heterocycles. The third-order valence-corrected chi connectivity index (χ3v) is 8.39. The first-order valence-corrected chi connectivity index (χ1v) is 12.5. The Balaban J connectivity index is 1.19. The Bertz CT molecular complexity index is 1100. The number of hydrogen-bond donors (Lipinski definition) is 2. The molecule has 6 rings (SSSR count). The van der Waals surface area contributed by atoms with Crippen LogP contribution in [0, 0.1) is 41.2 Å². The largest absolute Gasteiger partial charge is 0.344 e. The lowest BCUT2D eigenvalue weighted by molar-refractivity contribution is -0.388. The molecule has 3 fully saturated rings. The van der Waals surface area contributed by atoms with Crippen LogP contribution in [0.2, 0.25) is 0 Å². The van der Waals surface area contributed by atoms with Gasteiger partial charge in [-0.2, -0.15) is 0 Å². The van der Waals surface area contributed by atoms with Gasteiger partial charge >= 0.3 is 5.91 Å². The highest BCUT2D eigenvalue weighted by Gasteiger charge is 2.47. The molecule has 1 aromatic carbocycles. The third-order valence-electron chi connectivity index (χ3n) is 8.39. The van der Waals surface area contributed by atoms with Crippen LogP contribution in [-0.2, 0) is 4.79 Å². The second-order valence-corrected chi connectivity index (χ2v) is 10.7. The summed E-state index contributed by atoms with van der Waals surface area (Å²) >= 11 is 0. The maximum absolute atomic E-state index is 14.6. The zero-order valence-electron chi connectivity index (χ0n) is 18.8. The molecule has 3 saturated carbocycles. The van der Waals surface area contributed by atoms with Gasteiger partial charge in [0.15, 0.2) is 5.71 Å². The standard InChI is InChI=1S/C28H30F2N2O/c29-20-9-10-23(24(30)15-20)26-21-5-3-1-2-4-6-22(21)27(32-26)28(33)31-25-14-19(25)12-16-7-8-17-13-18(17)11-16/h1-2,4,6,9-10,15-19,21,25H,3,5,7-8,11-14H2,(H,31,33)/p+1/b2-1-,6-4-/t16?,17?,18?,19?,21-,25?/m0/s1. The number of amides is 1. The highest BCUT2D eigenvalue weighted by molar-refractivity contribution is 6.05. The molecular weight excluding hydrogens is 418 g/mol. The molecule has 5 heteroatoms. The van der Waals surface area contributed by atoms with Crippen LogP contribution in [0.1, 0.15) is 56.9 Å². The summed E-state index contributed by atoms with van der Waals surface area (Å²) < 4.78 is 28.1. The minimum absolute atomic E-state index is 0.111. The Morgan fingerprint density at radius 3 is 2.82 bits per heavy atom. The van der Waals surface area contributed by atoms with E-state index in [-0.39, 0.29) is 17.9 Å². The second kappa shape index (κ2) is 8.34. The number of benzene rings is 1. The van der Waals surface area contributed by atoms with E-state index < -0.39 is 11.6 Å². The lowest BCUT2D eigenvalue weighted by Gasteiger charge is -2.21. The van der Waals surface area contributed by atoms with Crippen molar-refractivity contribution in [2.45, 2.75) is 57.4 Å². The van der Waals surface area contributed by atoms with Gasteiger partial charge in [-0.25, -0.2) is 13.8 Å². The molecule has 172 valence electrons. The normalized spacial score (nSPS) is 36.1. The van der Waals surface area contributed by atoms with Gasteiger partial charge < -0.3 is 5.32 Å². The van der Waals surface area contributed by atoms with Gasteiger partial charge in [0.05, 0.1) is 11.5 Å². The fourth-order valence-corrected chi connectivity index (χ4v) is 6.39. The van der Waals surface area contributed by atoms with Gasteiger partial charge in [0, 0.05) is 17.7 Å². The van der Waals surface area contributed by atoms with Crippen molar-refractivity contribution in [3.63, 3.8) is 0 Å². The van der Waals surface area contributed by atoms with E-state index in [9.17, 15) is 13.6 Å². The van der Waals surface area contributed by atoms with Crippen LogP contribution >= 0.6 is 0 Å². The summed E-state index contributed by atoms with van der Waals surface area (Å²) in [6.07, 6.45) is 17.4. The van der Waals surface area contributed by atoms with Crippen molar-refractivity contribution in [1.29, 1.82) is 0 Å². The van der Waals surface area contributed by atoms with E-state index in [0.29, 0.717) is 22.9 Å². The summed E-state index contributed by atoms with van der Waals surface area (Å²) in [5, 5.41) is 3.24. The molecule has 2 N–H and O–H groups in total. The number of carbonyl (C=O) groups excluding carboxylic acids is 1. The van der Waals surface area contributed by atoms with Crippen LogP contribution in [0.4, 0.5) is 8.78 Å². The first kappa shape index (κ1) is 21.0. The summed E-state index contributed by atoms with van der Waals surface area (Å²) in [5.41, 5.74) is 2.38. The molecule has 5 unspecified atom stereocenters. The van der Waals surface area contributed by atoms with E-state index >= 15 is 0 Å². The van der Waals surface area contributed by atoms with Crippen LogP contribution < -0.4 is 10.3 Å². The lowest BCUT2D eigenvalue weighted by atomic mass is 9.85. The zero-order chi connectivity index (χ0) is 22.5. The molecule has 0 saturated heterocycles. The smallest absolute Gasteiger partial charge is 0.316 e. The van der Waals surface area contributed by atoms with E-state index in [0.717, 1.165) is 48.7 Å². The Morgan fingerprint density at radius 1 is 1.06 bits per heavy atom. The molecule has 1 heterocycles. The average Bonchev–Trinajstić information content (AvgIpc) is 3.66. The van der Waals surface area contributed by atoms with Crippen LogP contribution in [0.15, 0.2) is 53.8 Å². The fourth-order valence-electron chi connectivity index (χ4n) is 6.39. The number of nitrogens with one attached hydrogen (secondary N) is 2. The van der Waals surface area contributed by atoms with Gasteiger partial charge in [-0.1, -0.05) is 30.7 Å². The molecule has 0 spiro atoms. The van der Waals surface area contributed by atoms with Gasteiger partial charge in [-0.05, 0) is 80.8 Å². The van der Waals surface area contributed by atoms with Gasteiger partial charge in [0.2, 0.25) is 0 Å². The Morgan fingerprint density at radius 2 is 1.97 bits per heavy atom. The van der Waals surface area contributed by atoms with E-state index in [2.05, 4.69) is 16.4 Å².